The van der Waals surface area contributed by atoms with E-state index in [-0.39, 0.29) is 11.4 Å². The molecule has 0 unspecified atom stereocenters. The van der Waals surface area contributed by atoms with Gasteiger partial charge in [-0.25, -0.2) is 13.8 Å². The lowest BCUT2D eigenvalue weighted by Gasteiger charge is -2.15. The van der Waals surface area contributed by atoms with Crippen LogP contribution in [0.4, 0.5) is 31.0 Å². The Kier molecular flexibility index (Phi) is 7.56. The number of rotatable bonds is 10. The minimum absolute atomic E-state index is 0.00192. The van der Waals surface area contributed by atoms with Crippen LogP contribution in [-0.2, 0) is 6.54 Å². The highest BCUT2D eigenvalue weighted by Crippen LogP contribution is 2.28. The number of likely N-dealkylation sites (N-methyl/N-ethyl adjacent to an activating group) is 1. The first-order valence-corrected chi connectivity index (χ1v) is 10.2. The van der Waals surface area contributed by atoms with Crippen molar-refractivity contribution < 1.29 is 8.78 Å². The second kappa shape index (κ2) is 10.3. The molecule has 0 radical (unpaired) electrons. The van der Waals surface area contributed by atoms with E-state index in [9.17, 15) is 8.78 Å². The monoisotopic (exact) mass is 438 g/mol. The van der Waals surface area contributed by atoms with Gasteiger partial charge < -0.3 is 21.3 Å². The molecule has 0 spiro atoms. The second-order valence-corrected chi connectivity index (χ2v) is 7.34. The zero-order chi connectivity index (χ0) is 20.6. The maximum absolute atomic E-state index is 14.5. The van der Waals surface area contributed by atoms with E-state index < -0.39 is 11.6 Å². The second-order valence-electron chi connectivity index (χ2n) is 6.12. The Bertz CT molecular complexity index is 939. The van der Waals surface area contributed by atoms with Crippen LogP contribution in [0, 0.1) is 11.6 Å². The molecule has 0 atom stereocenters. The number of benzene rings is 2. The highest BCUT2D eigenvalue weighted by atomic mass is 35.5. The van der Waals surface area contributed by atoms with Crippen molar-refractivity contribution >= 4 is 45.3 Å². The first-order chi connectivity index (χ1) is 14.1. The molecule has 3 aromatic rings. The molecule has 0 amide bonds. The number of anilines is 4. The van der Waals surface area contributed by atoms with Gasteiger partial charge in [0.1, 0.15) is 18.0 Å². The largest absolute Gasteiger partial charge is 0.383 e. The fourth-order valence-corrected chi connectivity index (χ4v) is 3.26. The third-order valence-corrected chi connectivity index (χ3v) is 4.88. The van der Waals surface area contributed by atoms with Gasteiger partial charge in [0.2, 0.25) is 5.13 Å². The maximum Gasteiger partial charge on any atom is 0.206 e. The molecule has 4 N–H and O–H groups in total. The van der Waals surface area contributed by atoms with Crippen molar-refractivity contribution in [2.45, 2.75) is 13.5 Å². The smallest absolute Gasteiger partial charge is 0.206 e. The van der Waals surface area contributed by atoms with Crippen LogP contribution in [0.1, 0.15) is 12.5 Å². The summed E-state index contributed by atoms with van der Waals surface area (Å²) in [6.45, 7) is 4.76. The first kappa shape index (κ1) is 21.2. The van der Waals surface area contributed by atoms with Gasteiger partial charge in [0.25, 0.3) is 0 Å². The highest BCUT2D eigenvalue weighted by Gasteiger charge is 2.12. The number of aromatic nitrogens is 2. The third-order valence-electron chi connectivity index (χ3n) is 4.07. The minimum atomic E-state index is -0.593. The van der Waals surface area contributed by atoms with Crippen LogP contribution in [-0.4, -0.2) is 29.0 Å². The summed E-state index contributed by atoms with van der Waals surface area (Å²) in [4.78, 5) is 3.90. The summed E-state index contributed by atoms with van der Waals surface area (Å²) in [5, 5.41) is 13.2. The lowest BCUT2D eigenvalue weighted by Crippen LogP contribution is -2.22. The molecule has 2 aromatic carbocycles. The molecule has 3 rings (SSSR count). The standard InChI is InChI=1S/C19H21ClF2N6S/c1-2-23-5-6-24-16-7-13(20)4-3-12(16)10-25-17-8-15(22)18(9-14(17)21)28-19-26-11-27-29-19/h3-4,7-9,11,23-25H,2,5-6,10H2,1H3,(H,26,27,28). The van der Waals surface area contributed by atoms with Gasteiger partial charge in [0.15, 0.2) is 0 Å². The SMILES string of the molecule is CCNCCNc1cc(Cl)ccc1CNc1cc(F)c(Nc2ncns2)cc1F. The average molecular weight is 439 g/mol. The molecule has 0 aliphatic rings. The van der Waals surface area contributed by atoms with E-state index in [4.69, 9.17) is 11.6 Å². The van der Waals surface area contributed by atoms with Crippen molar-refractivity contribution in [3.63, 3.8) is 0 Å². The summed E-state index contributed by atoms with van der Waals surface area (Å²) < 4.78 is 32.7. The Labute approximate surface area is 176 Å². The van der Waals surface area contributed by atoms with E-state index in [0.29, 0.717) is 16.7 Å². The van der Waals surface area contributed by atoms with Crippen LogP contribution >= 0.6 is 23.1 Å². The molecule has 0 aliphatic heterocycles. The van der Waals surface area contributed by atoms with Gasteiger partial charge in [0, 0.05) is 54.0 Å². The van der Waals surface area contributed by atoms with Gasteiger partial charge in [-0.15, -0.1) is 0 Å². The number of nitrogens with one attached hydrogen (secondary N) is 4. The molecule has 154 valence electrons. The molecule has 0 bridgehead atoms. The molecule has 0 saturated heterocycles. The number of hydrogen-bond donors (Lipinski definition) is 4. The van der Waals surface area contributed by atoms with E-state index in [2.05, 4.69) is 30.6 Å². The molecule has 29 heavy (non-hydrogen) atoms. The normalized spacial score (nSPS) is 10.8. The van der Waals surface area contributed by atoms with Crippen LogP contribution in [0.2, 0.25) is 5.02 Å². The van der Waals surface area contributed by atoms with E-state index in [1.807, 2.05) is 19.1 Å². The third kappa shape index (κ3) is 5.99. The van der Waals surface area contributed by atoms with Gasteiger partial charge in [-0.2, -0.15) is 4.37 Å². The van der Waals surface area contributed by atoms with Crippen LogP contribution in [0.5, 0.6) is 0 Å². The summed E-state index contributed by atoms with van der Waals surface area (Å²) in [7, 11) is 0. The number of nitrogens with zero attached hydrogens (tertiary/aromatic N) is 2. The Morgan fingerprint density at radius 2 is 1.79 bits per heavy atom. The van der Waals surface area contributed by atoms with Crippen LogP contribution in [0.3, 0.4) is 0 Å². The predicted octanol–water partition coefficient (Wildman–Crippen LogP) is 4.85. The molecule has 1 heterocycles. The average Bonchev–Trinajstić information content (AvgIpc) is 3.21. The van der Waals surface area contributed by atoms with Crippen molar-refractivity contribution in [1.29, 1.82) is 0 Å². The molecular formula is C19H21ClF2N6S. The van der Waals surface area contributed by atoms with Gasteiger partial charge in [-0.3, -0.25) is 0 Å². The van der Waals surface area contributed by atoms with Crippen molar-refractivity contribution in [2.24, 2.45) is 0 Å². The van der Waals surface area contributed by atoms with E-state index in [1.54, 1.807) is 6.07 Å². The quantitative estimate of drug-likeness (QED) is 0.339. The fraction of sp³-hybridized carbons (Fsp3) is 0.263. The molecule has 1 aromatic heterocycles. The Morgan fingerprint density at radius 3 is 2.55 bits per heavy atom. The summed E-state index contributed by atoms with van der Waals surface area (Å²) in [5.41, 5.74) is 1.81. The van der Waals surface area contributed by atoms with E-state index in [1.165, 1.54) is 6.33 Å². The Morgan fingerprint density at radius 1 is 1.00 bits per heavy atom. The van der Waals surface area contributed by atoms with Gasteiger partial charge in [-0.05, 0) is 24.2 Å². The zero-order valence-corrected chi connectivity index (χ0v) is 17.3. The molecule has 0 aliphatic carbocycles. The lowest BCUT2D eigenvalue weighted by molar-refractivity contribution is 0.606. The summed E-state index contributed by atoms with van der Waals surface area (Å²) in [5.74, 6) is -1.17. The Hall–Kier alpha value is -2.49. The first-order valence-electron chi connectivity index (χ1n) is 9.06. The Balaban J connectivity index is 1.68. The van der Waals surface area contributed by atoms with Gasteiger partial charge >= 0.3 is 0 Å². The highest BCUT2D eigenvalue weighted by molar-refractivity contribution is 7.09. The minimum Gasteiger partial charge on any atom is -0.383 e. The molecular weight excluding hydrogens is 418 g/mol. The van der Waals surface area contributed by atoms with Crippen molar-refractivity contribution in [1.82, 2.24) is 14.7 Å². The van der Waals surface area contributed by atoms with Crippen molar-refractivity contribution in [2.75, 3.05) is 35.6 Å². The topological polar surface area (TPSA) is 73.9 Å². The van der Waals surface area contributed by atoms with E-state index >= 15 is 0 Å². The summed E-state index contributed by atoms with van der Waals surface area (Å²) in [6, 6.07) is 7.64. The van der Waals surface area contributed by atoms with Gasteiger partial charge in [0.05, 0.1) is 11.4 Å². The predicted molar refractivity (Wildman–Crippen MR) is 115 cm³/mol. The lowest BCUT2D eigenvalue weighted by atomic mass is 10.1. The van der Waals surface area contributed by atoms with Gasteiger partial charge in [-0.1, -0.05) is 24.6 Å². The van der Waals surface area contributed by atoms with Crippen LogP contribution in [0.15, 0.2) is 36.7 Å². The maximum atomic E-state index is 14.5. The fourth-order valence-electron chi connectivity index (χ4n) is 2.64. The van der Waals surface area contributed by atoms with Crippen LogP contribution < -0.4 is 21.3 Å². The van der Waals surface area contributed by atoms with Crippen LogP contribution in [0.25, 0.3) is 0 Å². The molecule has 6 nitrogen and oxygen atoms in total. The van der Waals surface area contributed by atoms with E-state index in [0.717, 1.165) is 54.6 Å². The van der Waals surface area contributed by atoms with Crippen molar-refractivity contribution in [3.05, 3.63) is 58.9 Å². The molecule has 0 fully saturated rings. The summed E-state index contributed by atoms with van der Waals surface area (Å²) >= 11 is 7.15. The molecule has 10 heteroatoms. The number of halogens is 3. The number of hydrogen-bond acceptors (Lipinski definition) is 7. The zero-order valence-electron chi connectivity index (χ0n) is 15.7. The molecule has 0 saturated carbocycles. The van der Waals surface area contributed by atoms with Crippen molar-refractivity contribution in [3.8, 4) is 0 Å². The summed E-state index contributed by atoms with van der Waals surface area (Å²) in [6.07, 6.45) is 1.34.